The van der Waals surface area contributed by atoms with Gasteiger partial charge in [-0.15, -0.1) is 6.42 Å². The average Bonchev–Trinajstić information content (AvgIpc) is 3.60. The SMILES string of the molecule is C#Cc1ccc(/C=C/C(=O)N[C@@H](CC2CC2)C(=O)N[C@H](CCC(=O)OCC)C[C@@H]2CCNC2=O)cc1. The van der Waals surface area contributed by atoms with Crippen LogP contribution in [0.4, 0.5) is 0 Å². The molecule has 3 amide bonds. The van der Waals surface area contributed by atoms with Gasteiger partial charge in [0.1, 0.15) is 6.04 Å². The molecule has 1 aromatic carbocycles. The summed E-state index contributed by atoms with van der Waals surface area (Å²) in [6.45, 7) is 2.64. The van der Waals surface area contributed by atoms with Gasteiger partial charge >= 0.3 is 5.97 Å². The number of ether oxygens (including phenoxy) is 1. The van der Waals surface area contributed by atoms with E-state index in [2.05, 4.69) is 21.9 Å². The molecule has 2 aliphatic rings. The summed E-state index contributed by atoms with van der Waals surface area (Å²) >= 11 is 0. The van der Waals surface area contributed by atoms with E-state index in [1.54, 1.807) is 25.1 Å². The molecule has 1 aliphatic heterocycles. The van der Waals surface area contributed by atoms with Crippen molar-refractivity contribution in [3.8, 4) is 12.3 Å². The zero-order chi connectivity index (χ0) is 25.9. The van der Waals surface area contributed by atoms with E-state index in [1.807, 2.05) is 12.1 Å². The van der Waals surface area contributed by atoms with Crippen molar-refractivity contribution >= 4 is 29.8 Å². The van der Waals surface area contributed by atoms with Crippen LogP contribution < -0.4 is 16.0 Å². The topological polar surface area (TPSA) is 114 Å². The van der Waals surface area contributed by atoms with E-state index in [1.165, 1.54) is 6.08 Å². The highest BCUT2D eigenvalue weighted by atomic mass is 16.5. The Morgan fingerprint density at radius 2 is 1.92 bits per heavy atom. The van der Waals surface area contributed by atoms with Gasteiger partial charge in [0, 0.05) is 36.6 Å². The average molecular weight is 494 g/mol. The van der Waals surface area contributed by atoms with Crippen LogP contribution in [-0.4, -0.2) is 48.9 Å². The van der Waals surface area contributed by atoms with Crippen LogP contribution in [0.2, 0.25) is 0 Å². The van der Waals surface area contributed by atoms with Crippen LogP contribution in [0.3, 0.4) is 0 Å². The molecule has 1 saturated carbocycles. The molecule has 0 unspecified atom stereocenters. The van der Waals surface area contributed by atoms with E-state index < -0.39 is 6.04 Å². The van der Waals surface area contributed by atoms with E-state index >= 15 is 0 Å². The van der Waals surface area contributed by atoms with Gasteiger partial charge in [0.25, 0.3) is 0 Å². The van der Waals surface area contributed by atoms with Crippen LogP contribution in [0, 0.1) is 24.2 Å². The first kappa shape index (κ1) is 27.0. The summed E-state index contributed by atoms with van der Waals surface area (Å²) in [5, 5.41) is 8.65. The second kappa shape index (κ2) is 13.5. The lowest BCUT2D eigenvalue weighted by atomic mass is 9.95. The third-order valence-corrected chi connectivity index (χ3v) is 6.48. The van der Waals surface area contributed by atoms with Gasteiger partial charge in [-0.05, 0) is 62.3 Å². The number of hydrogen-bond donors (Lipinski definition) is 3. The normalized spacial score (nSPS) is 18.7. The zero-order valence-electron chi connectivity index (χ0n) is 20.8. The lowest BCUT2D eigenvalue weighted by Crippen LogP contribution is -2.50. The van der Waals surface area contributed by atoms with Crippen LogP contribution in [0.25, 0.3) is 6.08 Å². The van der Waals surface area contributed by atoms with Crippen molar-refractivity contribution in [3.05, 3.63) is 41.5 Å². The Balaban J connectivity index is 1.62. The number of carbonyl (C=O) groups excluding carboxylic acids is 4. The molecule has 0 radical (unpaired) electrons. The quantitative estimate of drug-likeness (QED) is 0.222. The molecule has 0 spiro atoms. The van der Waals surface area contributed by atoms with Crippen LogP contribution in [0.15, 0.2) is 30.3 Å². The molecule has 1 aliphatic carbocycles. The summed E-state index contributed by atoms with van der Waals surface area (Å²) in [6, 6.07) is 6.16. The number of carbonyl (C=O) groups is 4. The summed E-state index contributed by atoms with van der Waals surface area (Å²) < 4.78 is 5.02. The van der Waals surface area contributed by atoms with Gasteiger partial charge in [0.05, 0.1) is 6.61 Å². The van der Waals surface area contributed by atoms with Gasteiger partial charge in [-0.3, -0.25) is 19.2 Å². The van der Waals surface area contributed by atoms with E-state index in [-0.39, 0.29) is 48.7 Å². The summed E-state index contributed by atoms with van der Waals surface area (Å²) in [4.78, 5) is 49.9. The third-order valence-electron chi connectivity index (χ3n) is 6.48. The highest BCUT2D eigenvalue weighted by molar-refractivity contribution is 5.95. The van der Waals surface area contributed by atoms with Crippen LogP contribution >= 0.6 is 0 Å². The van der Waals surface area contributed by atoms with Gasteiger partial charge < -0.3 is 20.7 Å². The minimum absolute atomic E-state index is 0.0337. The molecule has 36 heavy (non-hydrogen) atoms. The fraction of sp³-hybridized carbons (Fsp3) is 0.500. The van der Waals surface area contributed by atoms with E-state index in [9.17, 15) is 19.2 Å². The summed E-state index contributed by atoms with van der Waals surface area (Å²) in [5.74, 6) is 1.71. The van der Waals surface area contributed by atoms with Crippen molar-refractivity contribution in [2.75, 3.05) is 13.2 Å². The van der Waals surface area contributed by atoms with Crippen molar-refractivity contribution in [1.29, 1.82) is 0 Å². The van der Waals surface area contributed by atoms with Crippen molar-refractivity contribution in [2.24, 2.45) is 11.8 Å². The van der Waals surface area contributed by atoms with Gasteiger partial charge in [-0.25, -0.2) is 0 Å². The second-order valence-electron chi connectivity index (χ2n) is 9.40. The Labute approximate surface area is 212 Å². The Hall–Kier alpha value is -3.60. The van der Waals surface area contributed by atoms with Crippen LogP contribution in [0.5, 0.6) is 0 Å². The van der Waals surface area contributed by atoms with Crippen molar-refractivity contribution in [3.63, 3.8) is 0 Å². The third kappa shape index (κ3) is 8.88. The molecule has 1 heterocycles. The maximum Gasteiger partial charge on any atom is 0.305 e. The van der Waals surface area contributed by atoms with Crippen molar-refractivity contribution in [1.82, 2.24) is 16.0 Å². The first-order chi connectivity index (χ1) is 17.4. The molecule has 2 fully saturated rings. The molecule has 1 aromatic rings. The molecule has 1 saturated heterocycles. The number of rotatable bonds is 13. The predicted octanol–water partition coefficient (Wildman–Crippen LogP) is 2.32. The number of terminal acetylenes is 1. The Morgan fingerprint density at radius 1 is 1.17 bits per heavy atom. The number of hydrogen-bond acceptors (Lipinski definition) is 5. The van der Waals surface area contributed by atoms with Crippen LogP contribution in [-0.2, 0) is 23.9 Å². The molecule has 192 valence electrons. The van der Waals surface area contributed by atoms with E-state index in [4.69, 9.17) is 11.2 Å². The van der Waals surface area contributed by atoms with Crippen molar-refractivity contribution in [2.45, 2.75) is 64.0 Å². The number of benzene rings is 1. The number of esters is 1. The van der Waals surface area contributed by atoms with Gasteiger partial charge in [0.15, 0.2) is 0 Å². The largest absolute Gasteiger partial charge is 0.466 e. The first-order valence-corrected chi connectivity index (χ1v) is 12.7. The molecular weight excluding hydrogens is 458 g/mol. The van der Waals surface area contributed by atoms with Gasteiger partial charge in [0.2, 0.25) is 17.7 Å². The predicted molar refractivity (Wildman–Crippen MR) is 136 cm³/mol. The lowest BCUT2D eigenvalue weighted by Gasteiger charge is -2.24. The number of nitrogens with one attached hydrogen (secondary N) is 3. The maximum atomic E-state index is 13.2. The van der Waals surface area contributed by atoms with E-state index in [0.29, 0.717) is 38.1 Å². The van der Waals surface area contributed by atoms with Crippen LogP contribution in [0.1, 0.15) is 63.0 Å². The van der Waals surface area contributed by atoms with E-state index in [0.717, 1.165) is 24.0 Å². The van der Waals surface area contributed by atoms with Crippen molar-refractivity contribution < 1.29 is 23.9 Å². The summed E-state index contributed by atoms with van der Waals surface area (Å²) in [7, 11) is 0. The van der Waals surface area contributed by atoms with Gasteiger partial charge in [-0.1, -0.05) is 30.9 Å². The smallest absolute Gasteiger partial charge is 0.305 e. The fourth-order valence-corrected chi connectivity index (χ4v) is 4.29. The molecule has 3 rings (SSSR count). The minimum Gasteiger partial charge on any atom is -0.466 e. The lowest BCUT2D eigenvalue weighted by molar-refractivity contribution is -0.143. The molecule has 8 heteroatoms. The number of amides is 3. The molecule has 0 aromatic heterocycles. The van der Waals surface area contributed by atoms with Gasteiger partial charge in [-0.2, -0.15) is 0 Å². The first-order valence-electron chi connectivity index (χ1n) is 12.7. The monoisotopic (exact) mass is 493 g/mol. The Bertz CT molecular complexity index is 1010. The maximum absolute atomic E-state index is 13.2. The molecule has 3 atom stereocenters. The minimum atomic E-state index is -0.694. The molecule has 8 nitrogen and oxygen atoms in total. The molecular formula is C28H35N3O5. The molecule has 3 N–H and O–H groups in total. The summed E-state index contributed by atoms with van der Waals surface area (Å²) in [5.41, 5.74) is 1.58. The summed E-state index contributed by atoms with van der Waals surface area (Å²) in [6.07, 6.45) is 12.7. The Morgan fingerprint density at radius 3 is 2.53 bits per heavy atom. The highest BCUT2D eigenvalue weighted by Crippen LogP contribution is 2.33. The zero-order valence-corrected chi connectivity index (χ0v) is 20.8. The standard InChI is InChI=1S/C28H35N3O5/c1-3-19-5-7-20(8-6-19)11-13-25(32)31-24(17-21-9-10-21)28(35)30-23(12-14-26(33)36-4-2)18-22-15-16-29-27(22)34/h1,5-8,11,13,21-24H,4,9-10,12,14-18H2,2H3,(H,29,34)(H,30,35)(H,31,32)/b13-11+/t22-,23+,24-/m0/s1. The molecule has 0 bridgehead atoms. The Kier molecular flexibility index (Phi) is 10.1. The second-order valence-corrected chi connectivity index (χ2v) is 9.40. The highest BCUT2D eigenvalue weighted by Gasteiger charge is 2.33. The fourth-order valence-electron chi connectivity index (χ4n) is 4.29.